The lowest BCUT2D eigenvalue weighted by atomic mass is 9.93. The second-order valence-corrected chi connectivity index (χ2v) is 14.8. The summed E-state index contributed by atoms with van der Waals surface area (Å²) in [5.74, 6) is -1.73. The molecule has 14 nitrogen and oxygen atoms in total. The van der Waals surface area contributed by atoms with Gasteiger partial charge in [-0.25, -0.2) is 4.98 Å². The molecule has 1 saturated heterocycles. The van der Waals surface area contributed by atoms with E-state index in [9.17, 15) is 24.0 Å². The number of carbonyl (C=O) groups is 5. The van der Waals surface area contributed by atoms with Gasteiger partial charge < -0.3 is 35.5 Å². The Kier molecular flexibility index (Phi) is 11.2. The van der Waals surface area contributed by atoms with E-state index in [-0.39, 0.29) is 50.3 Å². The molecule has 0 spiro atoms. The SMILES string of the molecule is Cc1ccc(C(=O)N2C[C@@H]3NC(=O)[C@H](Cc4ccccc4)NC(=O)CN(CC4CC4)C(=O)[C@H](Cc4cnc[nH]4)NC(=O)COc4cccc(c4)[C@H]3C2)c(C)n1. The van der Waals surface area contributed by atoms with Crippen molar-refractivity contribution in [2.75, 3.05) is 32.8 Å². The number of nitrogens with one attached hydrogen (secondary N) is 4. The summed E-state index contributed by atoms with van der Waals surface area (Å²) in [7, 11) is 0. The quantitative estimate of drug-likeness (QED) is 0.223. The third-order valence-corrected chi connectivity index (χ3v) is 10.4. The van der Waals surface area contributed by atoms with Gasteiger partial charge in [0.1, 0.15) is 17.8 Å². The maximum atomic E-state index is 14.4. The first kappa shape index (κ1) is 37.3. The summed E-state index contributed by atoms with van der Waals surface area (Å²) in [5, 5.41) is 8.95. The van der Waals surface area contributed by atoms with E-state index in [4.69, 9.17) is 4.74 Å². The monoisotopic (exact) mass is 746 g/mol. The standard InChI is InChI=1S/C41H46N8O6/c1-25-11-14-32(26(2)44-25)40(53)49-20-33-29-9-6-10-31(16-29)55-23-38(51)46-35(17-30-18-42-24-43-30)41(54)48(19-28-12-13-28)22-37(50)45-34(39(52)47-36(33)21-49)15-27-7-4-3-5-8-27/h3-11,14,16,18,24,28,33-36H,12-13,15,17,19-23H2,1-2H3,(H,42,43)(H,45,50)(H,46,51)(H,47,52)/t33-,34+,35+,36+/m1/s1. The van der Waals surface area contributed by atoms with Gasteiger partial charge in [0.2, 0.25) is 17.7 Å². The van der Waals surface area contributed by atoms with Gasteiger partial charge in [0.15, 0.2) is 6.61 Å². The molecule has 2 aromatic carbocycles. The second kappa shape index (κ2) is 16.5. The normalized spacial score (nSPS) is 22.4. The first-order valence-corrected chi connectivity index (χ1v) is 18.7. The zero-order valence-corrected chi connectivity index (χ0v) is 31.0. The summed E-state index contributed by atoms with van der Waals surface area (Å²) >= 11 is 0. The van der Waals surface area contributed by atoms with Crippen molar-refractivity contribution >= 4 is 29.5 Å². The Morgan fingerprint density at radius 1 is 0.873 bits per heavy atom. The maximum Gasteiger partial charge on any atom is 0.258 e. The number of likely N-dealkylation sites (tertiary alicyclic amines) is 1. The van der Waals surface area contributed by atoms with E-state index in [1.807, 2.05) is 43.3 Å². The molecule has 0 radical (unpaired) electrons. The lowest BCUT2D eigenvalue weighted by molar-refractivity contribution is -0.140. The zero-order chi connectivity index (χ0) is 38.5. The topological polar surface area (TPSA) is 179 Å². The highest BCUT2D eigenvalue weighted by Crippen LogP contribution is 2.32. The van der Waals surface area contributed by atoms with E-state index in [0.717, 1.165) is 29.7 Å². The number of carbonyl (C=O) groups excluding carboxylic acids is 5. The molecule has 14 heteroatoms. The van der Waals surface area contributed by atoms with Crippen molar-refractivity contribution in [1.82, 2.24) is 40.7 Å². The Labute approximate surface area is 319 Å². The number of ether oxygens (including phenoxy) is 1. The van der Waals surface area contributed by atoms with Crippen LogP contribution in [0.4, 0.5) is 0 Å². The van der Waals surface area contributed by atoms with Crippen LogP contribution in [-0.4, -0.2) is 105 Å². The molecule has 286 valence electrons. The molecule has 2 bridgehead atoms. The fraction of sp³-hybridized carbons (Fsp3) is 0.390. The predicted octanol–water partition coefficient (Wildman–Crippen LogP) is 2.23. The highest BCUT2D eigenvalue weighted by atomic mass is 16.5. The van der Waals surface area contributed by atoms with Crippen molar-refractivity contribution < 1.29 is 28.7 Å². The van der Waals surface area contributed by atoms with Crippen LogP contribution < -0.4 is 20.7 Å². The number of rotatable bonds is 7. The van der Waals surface area contributed by atoms with Crippen LogP contribution in [0.2, 0.25) is 0 Å². The van der Waals surface area contributed by atoms with Crippen molar-refractivity contribution in [2.24, 2.45) is 5.92 Å². The number of amides is 5. The minimum atomic E-state index is -1.01. The number of benzene rings is 2. The highest BCUT2D eigenvalue weighted by Gasteiger charge is 2.40. The van der Waals surface area contributed by atoms with Gasteiger partial charge in [0.05, 0.1) is 30.2 Å². The molecule has 2 aliphatic heterocycles. The van der Waals surface area contributed by atoms with Crippen LogP contribution in [0.3, 0.4) is 0 Å². The molecular weight excluding hydrogens is 701 g/mol. The van der Waals surface area contributed by atoms with Crippen LogP contribution >= 0.6 is 0 Å². The van der Waals surface area contributed by atoms with Gasteiger partial charge in [-0.1, -0.05) is 42.5 Å². The van der Waals surface area contributed by atoms with E-state index in [1.165, 1.54) is 11.2 Å². The van der Waals surface area contributed by atoms with Crippen LogP contribution in [-0.2, 0) is 32.0 Å². The minimum absolute atomic E-state index is 0.123. The van der Waals surface area contributed by atoms with Crippen molar-refractivity contribution in [1.29, 1.82) is 0 Å². The molecule has 2 aromatic heterocycles. The number of imidazole rings is 1. The van der Waals surface area contributed by atoms with Crippen LogP contribution in [0.15, 0.2) is 79.3 Å². The van der Waals surface area contributed by atoms with E-state index in [2.05, 4.69) is 30.9 Å². The third kappa shape index (κ3) is 9.37. The van der Waals surface area contributed by atoms with E-state index >= 15 is 0 Å². The van der Waals surface area contributed by atoms with Gasteiger partial charge in [0, 0.05) is 56.0 Å². The number of fused-ring (bicyclic) bond motifs is 4. The summed E-state index contributed by atoms with van der Waals surface area (Å²) in [6.45, 7) is 3.85. The molecule has 5 amide bonds. The van der Waals surface area contributed by atoms with E-state index < -0.39 is 41.8 Å². The molecule has 55 heavy (non-hydrogen) atoms. The molecule has 4 N–H and O–H groups in total. The van der Waals surface area contributed by atoms with Crippen LogP contribution in [0.1, 0.15) is 57.3 Å². The molecule has 1 saturated carbocycles. The number of pyridine rings is 1. The van der Waals surface area contributed by atoms with Gasteiger partial charge >= 0.3 is 0 Å². The molecule has 7 rings (SSSR count). The first-order valence-electron chi connectivity index (χ1n) is 18.7. The van der Waals surface area contributed by atoms with Gasteiger partial charge in [-0.2, -0.15) is 0 Å². The first-order chi connectivity index (χ1) is 26.6. The average molecular weight is 747 g/mol. The zero-order valence-electron chi connectivity index (χ0n) is 31.0. The number of hydrogen-bond acceptors (Lipinski definition) is 8. The van der Waals surface area contributed by atoms with Crippen LogP contribution in [0.25, 0.3) is 0 Å². The molecule has 4 atom stereocenters. The fourth-order valence-electron chi connectivity index (χ4n) is 7.39. The molecule has 0 unspecified atom stereocenters. The molecule has 1 aliphatic carbocycles. The Morgan fingerprint density at radius 2 is 1.67 bits per heavy atom. The van der Waals surface area contributed by atoms with Crippen molar-refractivity contribution in [2.45, 2.75) is 63.6 Å². The summed E-state index contributed by atoms with van der Waals surface area (Å²) in [5.41, 5.74) is 4.17. The Morgan fingerprint density at radius 3 is 2.42 bits per heavy atom. The van der Waals surface area contributed by atoms with Gasteiger partial charge in [-0.3, -0.25) is 29.0 Å². The maximum absolute atomic E-state index is 14.4. The number of aryl methyl sites for hydroxylation is 2. The van der Waals surface area contributed by atoms with Crippen molar-refractivity contribution in [3.05, 3.63) is 113 Å². The smallest absolute Gasteiger partial charge is 0.258 e. The Hall–Kier alpha value is -6.05. The summed E-state index contributed by atoms with van der Waals surface area (Å²) in [6, 6.07) is 17.7. The lowest BCUT2D eigenvalue weighted by Crippen LogP contribution is -2.56. The predicted molar refractivity (Wildman–Crippen MR) is 202 cm³/mol. The summed E-state index contributed by atoms with van der Waals surface area (Å²) in [6.07, 6.45) is 5.26. The molecule has 4 aromatic rings. The summed E-state index contributed by atoms with van der Waals surface area (Å²) in [4.78, 5) is 84.5. The number of hydrogen-bond donors (Lipinski definition) is 4. The Bertz CT molecular complexity index is 2040. The van der Waals surface area contributed by atoms with Crippen LogP contribution in [0.5, 0.6) is 5.75 Å². The van der Waals surface area contributed by atoms with Crippen molar-refractivity contribution in [3.63, 3.8) is 0 Å². The average Bonchev–Trinajstić information content (AvgIpc) is 3.65. The second-order valence-electron chi connectivity index (χ2n) is 14.8. The largest absolute Gasteiger partial charge is 0.484 e. The van der Waals surface area contributed by atoms with E-state index in [1.54, 1.807) is 48.4 Å². The highest BCUT2D eigenvalue weighted by molar-refractivity contribution is 5.96. The van der Waals surface area contributed by atoms with E-state index in [0.29, 0.717) is 35.8 Å². The molecule has 4 heterocycles. The fourth-order valence-corrected chi connectivity index (χ4v) is 7.39. The van der Waals surface area contributed by atoms with Crippen LogP contribution in [0, 0.1) is 19.8 Å². The molecular formula is C41H46N8O6. The van der Waals surface area contributed by atoms with Gasteiger partial charge in [-0.05, 0) is 68.0 Å². The number of aromatic nitrogens is 3. The number of H-pyrrole nitrogens is 1. The number of nitrogens with zero attached hydrogens (tertiary/aromatic N) is 4. The van der Waals surface area contributed by atoms with Crippen molar-refractivity contribution in [3.8, 4) is 5.75 Å². The van der Waals surface area contributed by atoms with Gasteiger partial charge in [0.25, 0.3) is 11.8 Å². The number of aromatic amines is 1. The summed E-state index contributed by atoms with van der Waals surface area (Å²) < 4.78 is 5.97. The Balaban J connectivity index is 1.22. The minimum Gasteiger partial charge on any atom is -0.484 e. The lowest BCUT2D eigenvalue weighted by Gasteiger charge is -2.29. The third-order valence-electron chi connectivity index (χ3n) is 10.4. The van der Waals surface area contributed by atoms with Gasteiger partial charge in [-0.15, -0.1) is 0 Å². The molecule has 2 fully saturated rings. The molecule has 3 aliphatic rings.